The van der Waals surface area contributed by atoms with E-state index < -0.39 is 0 Å². The van der Waals surface area contributed by atoms with E-state index >= 15 is 0 Å². The maximum absolute atomic E-state index is 2.64. The summed E-state index contributed by atoms with van der Waals surface area (Å²) in [7, 11) is 0. The molecule has 11 rings (SSSR count). The summed E-state index contributed by atoms with van der Waals surface area (Å²) < 4.78 is 5.19. The molecule has 7 aromatic carbocycles. The molecule has 0 radical (unpaired) electrons. The smallest absolute Gasteiger partial charge is 0.247 e. The molecule has 0 saturated carbocycles. The minimum atomic E-state index is -0.248. The molecule has 57 heavy (non-hydrogen) atoms. The third kappa shape index (κ3) is 4.89. The van der Waals surface area contributed by atoms with Crippen LogP contribution in [-0.4, -0.2) is 11.3 Å². The zero-order valence-corrected chi connectivity index (χ0v) is 35.0. The van der Waals surface area contributed by atoms with E-state index in [9.17, 15) is 0 Å². The summed E-state index contributed by atoms with van der Waals surface area (Å²) in [5, 5.41) is 5.22. The summed E-state index contributed by atoms with van der Waals surface area (Å²) in [4.78, 5) is 2.64. The van der Waals surface area contributed by atoms with E-state index in [0.717, 1.165) is 0 Å². The molecule has 2 aliphatic heterocycles. The Kier molecular flexibility index (Phi) is 7.14. The lowest BCUT2D eigenvalue weighted by Gasteiger charge is -2.46. The van der Waals surface area contributed by atoms with Crippen molar-refractivity contribution in [1.82, 2.24) is 4.57 Å². The molecule has 2 nitrogen and oxygen atoms in total. The van der Waals surface area contributed by atoms with Crippen molar-refractivity contribution in [2.75, 3.05) is 4.90 Å². The van der Waals surface area contributed by atoms with Gasteiger partial charge in [-0.15, -0.1) is 11.3 Å². The fraction of sp³-hybridized carbons (Fsp3) is 0.208. The molecular weight excluding hydrogens is 707 g/mol. The Hall–Kier alpha value is -5.58. The van der Waals surface area contributed by atoms with Crippen molar-refractivity contribution in [3.05, 3.63) is 162 Å². The van der Waals surface area contributed by atoms with Gasteiger partial charge in [0.2, 0.25) is 6.71 Å². The second-order valence-corrected chi connectivity index (χ2v) is 20.1. The summed E-state index contributed by atoms with van der Waals surface area (Å²) in [5.74, 6) is 0. The lowest BCUT2D eigenvalue weighted by Crippen LogP contribution is -2.64. The molecule has 0 saturated heterocycles. The number of rotatable bonds is 2. The van der Waals surface area contributed by atoms with Gasteiger partial charge in [0.1, 0.15) is 0 Å². The van der Waals surface area contributed by atoms with Crippen molar-refractivity contribution in [3.8, 4) is 5.69 Å². The lowest BCUT2D eigenvalue weighted by molar-refractivity contribution is 0.588. The first-order valence-electron chi connectivity index (χ1n) is 20.5. The van der Waals surface area contributed by atoms with Crippen LogP contribution in [0.1, 0.15) is 77.6 Å². The third-order valence-electron chi connectivity index (χ3n) is 13.2. The van der Waals surface area contributed by atoms with Crippen LogP contribution in [0.15, 0.2) is 140 Å². The minimum absolute atomic E-state index is 0.0242. The van der Waals surface area contributed by atoms with Crippen LogP contribution in [0.4, 0.5) is 17.1 Å². The van der Waals surface area contributed by atoms with Crippen molar-refractivity contribution >= 4 is 93.5 Å². The van der Waals surface area contributed by atoms with Crippen molar-refractivity contribution in [3.63, 3.8) is 0 Å². The van der Waals surface area contributed by atoms with E-state index in [4.69, 9.17) is 0 Å². The number of para-hydroxylation sites is 2. The van der Waals surface area contributed by atoms with E-state index in [1.165, 1.54) is 103 Å². The van der Waals surface area contributed by atoms with Gasteiger partial charge in [-0.25, -0.2) is 0 Å². The highest BCUT2D eigenvalue weighted by Crippen LogP contribution is 2.49. The number of hydrogen-bond donors (Lipinski definition) is 0. The minimum Gasteiger partial charge on any atom is -0.310 e. The van der Waals surface area contributed by atoms with Gasteiger partial charge in [-0.1, -0.05) is 158 Å². The molecule has 4 heterocycles. The van der Waals surface area contributed by atoms with Gasteiger partial charge in [0, 0.05) is 48.7 Å². The fourth-order valence-corrected chi connectivity index (χ4v) is 11.4. The molecule has 2 aliphatic rings. The molecule has 278 valence electrons. The number of anilines is 3. The van der Waals surface area contributed by atoms with Crippen LogP contribution in [0.5, 0.6) is 0 Å². The third-order valence-corrected chi connectivity index (χ3v) is 14.4. The van der Waals surface area contributed by atoms with Crippen LogP contribution in [0, 0.1) is 0 Å². The van der Waals surface area contributed by atoms with Crippen LogP contribution >= 0.6 is 11.3 Å². The molecule has 0 N–H and O–H groups in total. The Balaban J connectivity index is 1.31. The molecule has 2 aromatic heterocycles. The normalized spacial score (nSPS) is 14.7. The van der Waals surface area contributed by atoms with Crippen LogP contribution in [0.2, 0.25) is 0 Å². The van der Waals surface area contributed by atoms with Crippen molar-refractivity contribution < 1.29 is 0 Å². The maximum atomic E-state index is 2.64. The van der Waals surface area contributed by atoms with Crippen LogP contribution in [0.3, 0.4) is 0 Å². The molecule has 0 unspecified atom stereocenters. The van der Waals surface area contributed by atoms with Gasteiger partial charge in [-0.05, 0) is 86.5 Å². The largest absolute Gasteiger partial charge is 0.310 e. The number of fused-ring (bicyclic) bond motifs is 11. The van der Waals surface area contributed by atoms with Gasteiger partial charge in [-0.3, -0.25) is 0 Å². The topological polar surface area (TPSA) is 8.17 Å². The summed E-state index contributed by atoms with van der Waals surface area (Å²) in [6.45, 7) is 19.0. The maximum Gasteiger partial charge on any atom is 0.247 e. The molecule has 0 aliphatic carbocycles. The molecule has 0 spiro atoms. The predicted octanol–water partition coefficient (Wildman–Crippen LogP) is 12.7. The van der Waals surface area contributed by atoms with Crippen LogP contribution in [-0.2, 0) is 16.2 Å². The van der Waals surface area contributed by atoms with E-state index in [1.54, 1.807) is 0 Å². The zero-order valence-electron chi connectivity index (χ0n) is 34.2. The molecule has 0 fully saturated rings. The molecule has 9 aromatic rings. The van der Waals surface area contributed by atoms with E-state index in [1.807, 2.05) is 11.3 Å². The van der Waals surface area contributed by atoms with Gasteiger partial charge in [-0.2, -0.15) is 0 Å². The lowest BCUT2D eigenvalue weighted by atomic mass is 9.30. The predicted molar refractivity (Wildman–Crippen MR) is 249 cm³/mol. The Morgan fingerprint density at radius 2 is 1.14 bits per heavy atom. The number of thiophene rings is 1. The summed E-state index contributed by atoms with van der Waals surface area (Å²) in [6, 6.07) is 53.6. The number of benzene rings is 7. The summed E-state index contributed by atoms with van der Waals surface area (Å²) >= 11 is 1.94. The summed E-state index contributed by atoms with van der Waals surface area (Å²) in [5.41, 5.74) is 17.1. The Bertz CT molecular complexity index is 3070. The van der Waals surface area contributed by atoms with Crippen molar-refractivity contribution in [2.45, 2.75) is 71.6 Å². The van der Waals surface area contributed by atoms with E-state index in [0.29, 0.717) is 0 Å². The van der Waals surface area contributed by atoms with E-state index in [2.05, 4.69) is 204 Å². The molecule has 0 atom stereocenters. The standard InChI is InChI=1S/C53H47BN2S/c1-51(2,3)32-21-24-34(25-22-32)56-46-31-35(55-44-18-12-9-15-36(44)37-16-10-13-19-45(37)55)30-41-48(46)54(43-29-33(52(4,5)6)23-27-40(43)53(41,7)8)42-28-26-39-38-17-11-14-20-47(38)57-50(39)49(42)56/h9-31H,1-8H3. The van der Waals surface area contributed by atoms with Gasteiger partial charge in [0.05, 0.1) is 21.4 Å². The highest BCUT2D eigenvalue weighted by atomic mass is 32.1. The second-order valence-electron chi connectivity index (χ2n) is 19.0. The van der Waals surface area contributed by atoms with Crippen LogP contribution in [0.25, 0.3) is 47.7 Å². The highest BCUT2D eigenvalue weighted by Gasteiger charge is 2.47. The highest BCUT2D eigenvalue weighted by molar-refractivity contribution is 7.26. The molecule has 0 bridgehead atoms. The van der Waals surface area contributed by atoms with Gasteiger partial charge in [0.25, 0.3) is 0 Å². The zero-order chi connectivity index (χ0) is 39.2. The van der Waals surface area contributed by atoms with E-state index in [-0.39, 0.29) is 23.0 Å². The summed E-state index contributed by atoms with van der Waals surface area (Å²) in [6.07, 6.45) is 0. The Morgan fingerprint density at radius 1 is 0.526 bits per heavy atom. The average Bonchev–Trinajstić information content (AvgIpc) is 3.74. The Morgan fingerprint density at radius 3 is 1.81 bits per heavy atom. The van der Waals surface area contributed by atoms with Gasteiger partial charge >= 0.3 is 0 Å². The molecule has 4 heteroatoms. The first-order valence-corrected chi connectivity index (χ1v) is 21.3. The fourth-order valence-electron chi connectivity index (χ4n) is 10.2. The first kappa shape index (κ1) is 34.7. The number of hydrogen-bond acceptors (Lipinski definition) is 2. The average molecular weight is 755 g/mol. The SMILES string of the molecule is CC(C)(C)c1ccc(N2c3cc(-n4c5ccccc5c5ccccc54)cc4c3B(c3cc(C(C)(C)C)ccc3C4(C)C)c3ccc4c(sc5ccccc54)c32)cc1. The van der Waals surface area contributed by atoms with Crippen molar-refractivity contribution in [2.24, 2.45) is 0 Å². The van der Waals surface area contributed by atoms with Crippen molar-refractivity contribution in [1.29, 1.82) is 0 Å². The number of nitrogens with zero attached hydrogens (tertiary/aromatic N) is 2. The second kappa shape index (κ2) is 11.7. The Labute approximate surface area is 340 Å². The number of aromatic nitrogens is 1. The van der Waals surface area contributed by atoms with Gasteiger partial charge < -0.3 is 9.47 Å². The first-order chi connectivity index (χ1) is 27.3. The molecular formula is C53H47BN2S. The monoisotopic (exact) mass is 754 g/mol. The van der Waals surface area contributed by atoms with Gasteiger partial charge in [0.15, 0.2) is 0 Å². The quantitative estimate of drug-likeness (QED) is 0.160. The van der Waals surface area contributed by atoms with Crippen LogP contribution < -0.4 is 21.3 Å². The molecule has 0 amide bonds.